The molecule has 0 aliphatic carbocycles. The number of esters is 1. The molecule has 10 heteroatoms. The number of aryl methyl sites for hydroxylation is 1. The summed E-state index contributed by atoms with van der Waals surface area (Å²) in [5, 5.41) is 9.39. The predicted molar refractivity (Wildman–Crippen MR) is 185 cm³/mol. The van der Waals surface area contributed by atoms with Crippen molar-refractivity contribution in [1.82, 2.24) is 14.8 Å². The predicted octanol–water partition coefficient (Wildman–Crippen LogP) is 8.54. The van der Waals surface area contributed by atoms with Crippen molar-refractivity contribution < 1.29 is 19.0 Å². The van der Waals surface area contributed by atoms with Crippen molar-refractivity contribution in [2.45, 2.75) is 50.9 Å². The summed E-state index contributed by atoms with van der Waals surface area (Å²) < 4.78 is 19.9. The number of carbonyl (C=O) groups is 1. The van der Waals surface area contributed by atoms with Crippen molar-refractivity contribution in [2.75, 3.05) is 11.9 Å². The molecular weight excluding hydrogens is 632 g/mol. The van der Waals surface area contributed by atoms with Gasteiger partial charge in [-0.25, -0.2) is 9.48 Å². The molecule has 0 saturated heterocycles. The van der Waals surface area contributed by atoms with Gasteiger partial charge in [0.1, 0.15) is 19.3 Å². The largest absolute Gasteiger partial charge is 0.490 e. The number of thioether (sulfide) groups is 1. The summed E-state index contributed by atoms with van der Waals surface area (Å²) in [7, 11) is 0. The zero-order valence-electron chi connectivity index (χ0n) is 26.4. The van der Waals surface area contributed by atoms with Crippen molar-refractivity contribution in [3.8, 4) is 11.5 Å². The van der Waals surface area contributed by atoms with Crippen LogP contribution in [-0.4, -0.2) is 27.3 Å². The number of hydrogen-bond acceptors (Lipinski definition) is 8. The number of ether oxygens (including phenoxy) is 3. The van der Waals surface area contributed by atoms with Gasteiger partial charge in [-0.1, -0.05) is 108 Å². The molecule has 0 fully saturated rings. The molecule has 1 aromatic heterocycles. The van der Waals surface area contributed by atoms with Crippen LogP contribution in [0.4, 0.5) is 5.95 Å². The first-order valence-electron chi connectivity index (χ1n) is 15.4. The number of fused-ring (bicyclic) bond motifs is 1. The topological polar surface area (TPSA) is 87.5 Å². The van der Waals surface area contributed by atoms with Crippen LogP contribution in [0.1, 0.15) is 47.7 Å². The van der Waals surface area contributed by atoms with E-state index in [-0.39, 0.29) is 6.61 Å². The van der Waals surface area contributed by atoms with Crippen molar-refractivity contribution in [2.24, 2.45) is 0 Å². The van der Waals surface area contributed by atoms with E-state index in [1.165, 1.54) is 17.3 Å². The van der Waals surface area contributed by atoms with E-state index in [0.717, 1.165) is 22.3 Å². The second kappa shape index (κ2) is 14.8. The molecule has 0 saturated carbocycles. The molecule has 2 heterocycles. The maximum atomic E-state index is 13.8. The number of hydrogen-bond donors (Lipinski definition) is 1. The van der Waals surface area contributed by atoms with E-state index >= 15 is 0 Å². The van der Waals surface area contributed by atoms with Gasteiger partial charge in [0.15, 0.2) is 11.5 Å². The zero-order chi connectivity index (χ0) is 32.8. The van der Waals surface area contributed by atoms with Crippen LogP contribution in [0.3, 0.4) is 0 Å². The van der Waals surface area contributed by atoms with Gasteiger partial charge in [0.2, 0.25) is 11.1 Å². The Morgan fingerprint density at radius 2 is 1.68 bits per heavy atom. The summed E-state index contributed by atoms with van der Waals surface area (Å²) in [6.45, 7) is 6.81. The summed E-state index contributed by atoms with van der Waals surface area (Å²) in [5.74, 6) is 1.84. The standard InChI is InChI=1S/C37H35ClN4O4S/c1-4-44-32-20-28(17-18-31(32)45-22-27-14-10-11-24(2)19-27)34-33(35(43)46-21-26-12-6-5-7-13-26)25(3)39-36-40-37(41-42(34)36)47-23-29-15-8-9-16-30(29)38/h5-20,34H,4,21-23H2,1-3H3,(H,39,40,41). The normalized spacial score (nSPS) is 13.9. The lowest BCUT2D eigenvalue weighted by Gasteiger charge is -2.28. The molecule has 6 rings (SSSR count). The molecule has 1 N–H and O–H groups in total. The lowest BCUT2D eigenvalue weighted by Crippen LogP contribution is -2.29. The number of aromatic nitrogens is 3. The molecule has 1 aliphatic heterocycles. The van der Waals surface area contributed by atoms with Crippen LogP contribution in [0.5, 0.6) is 11.5 Å². The molecule has 0 spiro atoms. The highest BCUT2D eigenvalue weighted by Crippen LogP contribution is 2.40. The van der Waals surface area contributed by atoms with Crippen molar-refractivity contribution in [1.29, 1.82) is 0 Å². The number of benzene rings is 4. The summed E-state index contributed by atoms with van der Waals surface area (Å²) >= 11 is 7.88. The highest BCUT2D eigenvalue weighted by Gasteiger charge is 2.36. The Morgan fingerprint density at radius 1 is 0.894 bits per heavy atom. The molecule has 240 valence electrons. The van der Waals surface area contributed by atoms with E-state index in [1.807, 2.05) is 98.8 Å². The number of halogens is 1. The van der Waals surface area contributed by atoms with Crippen LogP contribution < -0.4 is 14.8 Å². The first-order chi connectivity index (χ1) is 22.9. The first kappa shape index (κ1) is 32.2. The van der Waals surface area contributed by atoms with Crippen LogP contribution in [0.2, 0.25) is 5.02 Å². The fourth-order valence-corrected chi connectivity index (χ4v) is 6.48. The number of nitrogens with one attached hydrogen (secondary N) is 1. The van der Waals surface area contributed by atoms with Gasteiger partial charge in [-0.2, -0.15) is 4.98 Å². The number of allylic oxidation sites excluding steroid dienone is 1. The van der Waals surface area contributed by atoms with Crippen LogP contribution in [0.25, 0.3) is 0 Å². The molecule has 4 aromatic carbocycles. The van der Waals surface area contributed by atoms with Crippen molar-refractivity contribution in [3.05, 3.63) is 141 Å². The fourth-order valence-electron chi connectivity index (χ4n) is 5.37. The van der Waals surface area contributed by atoms with E-state index < -0.39 is 12.0 Å². The number of rotatable bonds is 12. The Hall–Kier alpha value is -4.73. The van der Waals surface area contributed by atoms with E-state index in [2.05, 4.69) is 24.4 Å². The van der Waals surface area contributed by atoms with Crippen molar-refractivity contribution in [3.63, 3.8) is 0 Å². The zero-order valence-corrected chi connectivity index (χ0v) is 28.0. The van der Waals surface area contributed by atoms with Crippen LogP contribution >= 0.6 is 23.4 Å². The highest BCUT2D eigenvalue weighted by molar-refractivity contribution is 7.98. The molecule has 1 unspecified atom stereocenters. The van der Waals surface area contributed by atoms with E-state index in [1.54, 1.807) is 4.68 Å². The van der Waals surface area contributed by atoms with E-state index in [0.29, 0.717) is 57.9 Å². The van der Waals surface area contributed by atoms with Crippen LogP contribution in [0.15, 0.2) is 113 Å². The Bertz CT molecular complexity index is 1910. The SMILES string of the molecule is CCOc1cc(C2C(C(=O)OCc3ccccc3)=C(C)Nc3nc(SCc4ccccc4Cl)nn32)ccc1OCc1cccc(C)c1. The van der Waals surface area contributed by atoms with E-state index in [9.17, 15) is 4.79 Å². The lowest BCUT2D eigenvalue weighted by molar-refractivity contribution is -0.140. The minimum Gasteiger partial charge on any atom is -0.490 e. The second-order valence-electron chi connectivity index (χ2n) is 11.1. The third-order valence-corrected chi connectivity index (χ3v) is 8.90. The Labute approximate surface area is 283 Å². The van der Waals surface area contributed by atoms with Crippen LogP contribution in [-0.2, 0) is 28.5 Å². The summed E-state index contributed by atoms with van der Waals surface area (Å²) in [6.07, 6.45) is 0. The number of carbonyl (C=O) groups excluding carboxylic acids is 1. The van der Waals surface area contributed by atoms with Gasteiger partial charge in [-0.05, 0) is 61.2 Å². The molecule has 0 amide bonds. The summed E-state index contributed by atoms with van der Waals surface area (Å²) in [5.41, 5.74) is 5.94. The number of nitrogens with zero attached hydrogens (tertiary/aromatic N) is 3. The van der Waals surface area contributed by atoms with Gasteiger partial charge in [0, 0.05) is 16.5 Å². The second-order valence-corrected chi connectivity index (χ2v) is 12.4. The van der Waals surface area contributed by atoms with Crippen LogP contribution in [0, 0.1) is 6.92 Å². The van der Waals surface area contributed by atoms with Gasteiger partial charge >= 0.3 is 5.97 Å². The van der Waals surface area contributed by atoms with Gasteiger partial charge in [-0.15, -0.1) is 5.10 Å². The first-order valence-corrected chi connectivity index (χ1v) is 16.7. The van der Waals surface area contributed by atoms with Gasteiger partial charge in [0.25, 0.3) is 0 Å². The Morgan fingerprint density at radius 3 is 2.47 bits per heavy atom. The van der Waals surface area contributed by atoms with Gasteiger partial charge in [-0.3, -0.25) is 0 Å². The molecule has 8 nitrogen and oxygen atoms in total. The monoisotopic (exact) mass is 666 g/mol. The summed E-state index contributed by atoms with van der Waals surface area (Å²) in [6, 6.07) is 30.6. The summed E-state index contributed by atoms with van der Waals surface area (Å²) in [4.78, 5) is 18.6. The minimum absolute atomic E-state index is 0.141. The molecule has 47 heavy (non-hydrogen) atoms. The van der Waals surface area contributed by atoms with Crippen molar-refractivity contribution >= 4 is 35.3 Å². The molecule has 1 atom stereocenters. The maximum absolute atomic E-state index is 13.8. The van der Waals surface area contributed by atoms with E-state index in [4.69, 9.17) is 35.9 Å². The lowest BCUT2D eigenvalue weighted by atomic mass is 9.95. The quantitative estimate of drug-likeness (QED) is 0.105. The molecule has 0 bridgehead atoms. The third kappa shape index (κ3) is 7.64. The third-order valence-electron chi connectivity index (χ3n) is 7.64. The molecule has 5 aromatic rings. The highest BCUT2D eigenvalue weighted by atomic mass is 35.5. The molecule has 0 radical (unpaired) electrons. The average molecular weight is 667 g/mol. The smallest absolute Gasteiger partial charge is 0.338 e. The maximum Gasteiger partial charge on any atom is 0.338 e. The Kier molecular flexibility index (Phi) is 10.1. The Balaban J connectivity index is 1.33. The number of anilines is 1. The van der Waals surface area contributed by atoms with Gasteiger partial charge in [0.05, 0.1) is 12.2 Å². The molecular formula is C37H35ClN4O4S. The van der Waals surface area contributed by atoms with Gasteiger partial charge < -0.3 is 19.5 Å². The molecule has 1 aliphatic rings. The fraction of sp³-hybridized carbons (Fsp3) is 0.216. The average Bonchev–Trinajstić information content (AvgIpc) is 3.48. The minimum atomic E-state index is -0.637.